The van der Waals surface area contributed by atoms with Crippen LogP contribution in [0.1, 0.15) is 18.2 Å². The van der Waals surface area contributed by atoms with E-state index in [2.05, 4.69) is 15.6 Å². The van der Waals surface area contributed by atoms with E-state index in [4.69, 9.17) is 0 Å². The van der Waals surface area contributed by atoms with Gasteiger partial charge in [-0.05, 0) is 41.8 Å². The number of carbonyl (C=O) groups excluding carboxylic acids is 3. The van der Waals surface area contributed by atoms with E-state index >= 15 is 0 Å². The number of anilines is 1. The lowest BCUT2D eigenvalue weighted by atomic mass is 9.90. The van der Waals surface area contributed by atoms with Gasteiger partial charge in [0.2, 0.25) is 5.91 Å². The van der Waals surface area contributed by atoms with Gasteiger partial charge in [-0.15, -0.1) is 0 Å². The Morgan fingerprint density at radius 1 is 1.03 bits per heavy atom. The van der Waals surface area contributed by atoms with E-state index in [1.54, 1.807) is 6.92 Å². The van der Waals surface area contributed by atoms with Gasteiger partial charge in [-0.2, -0.15) is 0 Å². The summed E-state index contributed by atoms with van der Waals surface area (Å²) in [5.74, 6) is -0.956. The first-order valence-electron chi connectivity index (χ1n) is 10.8. The van der Waals surface area contributed by atoms with Crippen molar-refractivity contribution in [2.75, 3.05) is 11.9 Å². The number of urea groups is 1. The van der Waals surface area contributed by atoms with Gasteiger partial charge in [0.15, 0.2) is 5.13 Å². The molecule has 4 aromatic rings. The molecule has 34 heavy (non-hydrogen) atoms. The molecule has 1 aromatic heterocycles. The van der Waals surface area contributed by atoms with Crippen LogP contribution in [0, 0.1) is 6.92 Å². The van der Waals surface area contributed by atoms with Crippen LogP contribution in [0.4, 0.5) is 9.93 Å². The zero-order chi connectivity index (χ0) is 23.9. The smallest absolute Gasteiger partial charge is 0.319 e. The maximum absolute atomic E-state index is 13.3. The molecular weight excluding hydrogens is 448 g/mol. The number of rotatable bonds is 5. The Kier molecular flexibility index (Phi) is 5.37. The molecule has 170 valence electrons. The fourth-order valence-corrected chi connectivity index (χ4v) is 5.13. The van der Waals surface area contributed by atoms with Gasteiger partial charge in [-0.25, -0.2) is 9.78 Å². The highest BCUT2D eigenvalue weighted by molar-refractivity contribution is 7.19. The van der Waals surface area contributed by atoms with E-state index in [0.29, 0.717) is 10.7 Å². The lowest BCUT2D eigenvalue weighted by Crippen LogP contribution is -2.42. The fourth-order valence-electron chi connectivity index (χ4n) is 4.15. The Morgan fingerprint density at radius 3 is 2.50 bits per heavy atom. The predicted molar refractivity (Wildman–Crippen MR) is 132 cm³/mol. The van der Waals surface area contributed by atoms with Crippen LogP contribution in [0.3, 0.4) is 0 Å². The molecule has 0 radical (unpaired) electrons. The van der Waals surface area contributed by atoms with Gasteiger partial charge in [0.1, 0.15) is 12.1 Å². The van der Waals surface area contributed by atoms with Gasteiger partial charge in [0.25, 0.3) is 5.91 Å². The summed E-state index contributed by atoms with van der Waals surface area (Å²) < 4.78 is 0. The number of thiazole rings is 1. The molecule has 7 nitrogen and oxygen atoms in total. The number of aromatic nitrogens is 1. The van der Waals surface area contributed by atoms with E-state index in [9.17, 15) is 14.4 Å². The van der Waals surface area contributed by atoms with E-state index < -0.39 is 29.9 Å². The van der Waals surface area contributed by atoms with Crippen LogP contribution in [0.2, 0.25) is 0 Å². The van der Waals surface area contributed by atoms with Crippen LogP contribution in [-0.4, -0.2) is 34.3 Å². The molecule has 1 aliphatic heterocycles. The van der Waals surface area contributed by atoms with Crippen LogP contribution in [0.15, 0.2) is 72.8 Å². The first-order valence-corrected chi connectivity index (χ1v) is 11.6. The molecule has 0 aliphatic carbocycles. The topological polar surface area (TPSA) is 91.4 Å². The van der Waals surface area contributed by atoms with Crippen molar-refractivity contribution in [2.45, 2.75) is 19.4 Å². The van der Waals surface area contributed by atoms with Gasteiger partial charge >= 0.3 is 6.03 Å². The van der Waals surface area contributed by atoms with Gasteiger partial charge in [-0.1, -0.05) is 78.1 Å². The third-order valence-corrected chi connectivity index (χ3v) is 7.10. The zero-order valence-corrected chi connectivity index (χ0v) is 19.5. The number of nitrogens with one attached hydrogen (secondary N) is 2. The normalized spacial score (nSPS) is 17.8. The van der Waals surface area contributed by atoms with Crippen molar-refractivity contribution in [1.29, 1.82) is 0 Å². The molecule has 0 spiro atoms. The summed E-state index contributed by atoms with van der Waals surface area (Å²) in [6.07, 6.45) is 0. The standard InChI is InChI=1S/C26H22N4O3S/c1-16-22(18-9-4-3-5-10-18)34-24(27-16)28-21(31)15-30-23(32)26(2,29-25(30)33)20-13-12-17-8-6-7-11-19(17)14-20/h3-14H,15H2,1-2H3,(H,29,33)(H,27,28,31). The van der Waals surface area contributed by atoms with E-state index in [1.807, 2.05) is 79.7 Å². The molecule has 5 rings (SSSR count). The summed E-state index contributed by atoms with van der Waals surface area (Å²) in [5.41, 5.74) is 1.22. The third kappa shape index (κ3) is 3.82. The molecule has 1 atom stereocenters. The Bertz CT molecular complexity index is 1430. The molecule has 3 aromatic carbocycles. The Hall–Kier alpha value is -4.04. The minimum atomic E-state index is -1.25. The van der Waals surface area contributed by atoms with E-state index in [1.165, 1.54) is 11.3 Å². The van der Waals surface area contributed by atoms with Crippen molar-refractivity contribution in [2.24, 2.45) is 0 Å². The van der Waals surface area contributed by atoms with Crippen molar-refractivity contribution in [3.05, 3.63) is 84.1 Å². The molecule has 1 unspecified atom stereocenters. The summed E-state index contributed by atoms with van der Waals surface area (Å²) >= 11 is 1.35. The Labute approximate surface area is 200 Å². The van der Waals surface area contributed by atoms with E-state index in [0.717, 1.165) is 31.8 Å². The first kappa shape index (κ1) is 21.8. The number of amides is 4. The zero-order valence-electron chi connectivity index (χ0n) is 18.7. The number of hydrogen-bond acceptors (Lipinski definition) is 5. The molecular formula is C26H22N4O3S. The quantitative estimate of drug-likeness (QED) is 0.415. The molecule has 1 saturated heterocycles. The summed E-state index contributed by atoms with van der Waals surface area (Å²) in [6.45, 7) is 3.14. The molecule has 2 heterocycles. The number of benzene rings is 3. The number of hydrogen-bond donors (Lipinski definition) is 2. The highest BCUT2D eigenvalue weighted by Gasteiger charge is 2.49. The maximum Gasteiger partial charge on any atom is 0.325 e. The van der Waals surface area contributed by atoms with Crippen molar-refractivity contribution in [3.8, 4) is 10.4 Å². The highest BCUT2D eigenvalue weighted by atomic mass is 32.1. The third-order valence-electron chi connectivity index (χ3n) is 5.98. The Balaban J connectivity index is 1.32. The average Bonchev–Trinajstić information content (AvgIpc) is 3.31. The predicted octanol–water partition coefficient (Wildman–Crippen LogP) is 4.68. The van der Waals surface area contributed by atoms with Crippen molar-refractivity contribution in [1.82, 2.24) is 15.2 Å². The SMILES string of the molecule is Cc1nc(NC(=O)CN2C(=O)NC(C)(c3ccc4ccccc4c3)C2=O)sc1-c1ccccc1. The highest BCUT2D eigenvalue weighted by Crippen LogP contribution is 2.33. The minimum absolute atomic E-state index is 0.396. The second kappa shape index (κ2) is 8.39. The summed E-state index contributed by atoms with van der Waals surface area (Å²) in [7, 11) is 0. The number of carbonyl (C=O) groups is 3. The molecule has 0 bridgehead atoms. The number of nitrogens with zero attached hydrogens (tertiary/aromatic N) is 2. The number of fused-ring (bicyclic) bond motifs is 1. The number of imide groups is 1. The molecule has 2 N–H and O–H groups in total. The van der Waals surface area contributed by atoms with Crippen LogP contribution in [-0.2, 0) is 15.1 Å². The van der Waals surface area contributed by atoms with E-state index in [-0.39, 0.29) is 0 Å². The Morgan fingerprint density at radius 2 is 1.74 bits per heavy atom. The monoisotopic (exact) mass is 470 g/mol. The summed E-state index contributed by atoms with van der Waals surface area (Å²) in [5, 5.41) is 7.91. The van der Waals surface area contributed by atoms with Gasteiger partial charge in [0, 0.05) is 0 Å². The molecule has 1 fully saturated rings. The van der Waals surface area contributed by atoms with Crippen molar-refractivity contribution >= 4 is 45.1 Å². The second-order valence-corrected chi connectivity index (χ2v) is 9.36. The molecule has 0 saturated carbocycles. The largest absolute Gasteiger partial charge is 0.325 e. The lowest BCUT2D eigenvalue weighted by Gasteiger charge is -2.22. The van der Waals surface area contributed by atoms with Crippen LogP contribution in [0.25, 0.3) is 21.2 Å². The first-order chi connectivity index (χ1) is 16.3. The molecule has 4 amide bonds. The molecule has 1 aliphatic rings. The minimum Gasteiger partial charge on any atom is -0.319 e. The van der Waals surface area contributed by atoms with Crippen molar-refractivity contribution < 1.29 is 14.4 Å². The average molecular weight is 471 g/mol. The summed E-state index contributed by atoms with van der Waals surface area (Å²) in [6, 6.07) is 22.6. The van der Waals surface area contributed by atoms with Gasteiger partial charge in [0.05, 0.1) is 10.6 Å². The van der Waals surface area contributed by atoms with Crippen LogP contribution < -0.4 is 10.6 Å². The lowest BCUT2D eigenvalue weighted by molar-refractivity contribution is -0.133. The van der Waals surface area contributed by atoms with Crippen molar-refractivity contribution in [3.63, 3.8) is 0 Å². The number of aryl methyl sites for hydroxylation is 1. The van der Waals surface area contributed by atoms with Gasteiger partial charge in [-0.3, -0.25) is 14.5 Å². The van der Waals surface area contributed by atoms with Crippen LogP contribution >= 0.6 is 11.3 Å². The molecule has 8 heteroatoms. The summed E-state index contributed by atoms with van der Waals surface area (Å²) in [4.78, 5) is 45.0. The van der Waals surface area contributed by atoms with Gasteiger partial charge < -0.3 is 10.6 Å². The fraction of sp³-hybridized carbons (Fsp3) is 0.154. The maximum atomic E-state index is 13.3. The second-order valence-electron chi connectivity index (χ2n) is 8.36. The van der Waals surface area contributed by atoms with Crippen LogP contribution in [0.5, 0.6) is 0 Å².